The number of rotatable bonds is 9. The van der Waals surface area contributed by atoms with Gasteiger partial charge in [0.05, 0.1) is 10.0 Å². The molecule has 0 saturated carbocycles. The van der Waals surface area contributed by atoms with Crippen LogP contribution >= 0.6 is 23.2 Å². The average Bonchev–Trinajstić information content (AvgIpc) is 3.07. The number of hydrogen-bond acceptors (Lipinski definition) is 4. The van der Waals surface area contributed by atoms with Crippen molar-refractivity contribution in [3.63, 3.8) is 0 Å². The molecule has 0 atom stereocenters. The van der Waals surface area contributed by atoms with Crippen LogP contribution in [0, 0.1) is 0 Å². The second-order valence-corrected chi connectivity index (χ2v) is 6.16. The largest absolute Gasteiger partial charge is 0.468 e. The average molecular weight is 385 g/mol. The minimum atomic E-state index is -0.207. The van der Waals surface area contributed by atoms with E-state index in [9.17, 15) is 4.79 Å². The zero-order valence-corrected chi connectivity index (χ0v) is 15.8. The molecule has 1 heterocycles. The Morgan fingerprint density at radius 1 is 1.24 bits per heavy atom. The molecule has 1 aromatic carbocycles. The predicted molar refractivity (Wildman–Crippen MR) is 99.4 cm³/mol. The summed E-state index contributed by atoms with van der Waals surface area (Å²) in [5.74, 6) is 0.188. The molecule has 8 heteroatoms. The van der Waals surface area contributed by atoms with E-state index < -0.39 is 0 Å². The van der Waals surface area contributed by atoms with Gasteiger partial charge in [0.15, 0.2) is 12.5 Å². The summed E-state index contributed by atoms with van der Waals surface area (Å²) in [5.41, 5.74) is 0.341. The van der Waals surface area contributed by atoms with E-state index in [1.165, 1.54) is 4.68 Å². The molecule has 2 rings (SSSR count). The molecule has 136 valence electrons. The highest BCUT2D eigenvalue weighted by Crippen LogP contribution is 2.32. The van der Waals surface area contributed by atoms with Gasteiger partial charge in [0, 0.05) is 19.3 Å². The first-order valence-corrected chi connectivity index (χ1v) is 8.91. The van der Waals surface area contributed by atoms with Crippen LogP contribution < -0.4 is 10.1 Å². The summed E-state index contributed by atoms with van der Waals surface area (Å²) >= 11 is 12.1. The summed E-state index contributed by atoms with van der Waals surface area (Å²) in [6, 6.07) is 6.78. The highest BCUT2D eigenvalue weighted by molar-refractivity contribution is 6.37. The van der Waals surface area contributed by atoms with Crippen molar-refractivity contribution in [3.05, 3.63) is 46.2 Å². The Kier molecular flexibility index (Phi) is 7.55. The van der Waals surface area contributed by atoms with E-state index in [-0.39, 0.29) is 12.6 Å². The van der Waals surface area contributed by atoms with Crippen molar-refractivity contribution in [2.24, 2.45) is 0 Å². The van der Waals surface area contributed by atoms with Gasteiger partial charge in [-0.15, -0.1) is 0 Å². The van der Waals surface area contributed by atoms with Crippen LogP contribution in [0.3, 0.4) is 0 Å². The first-order chi connectivity index (χ1) is 12.0. The van der Waals surface area contributed by atoms with Crippen LogP contribution in [0.1, 0.15) is 24.3 Å². The highest BCUT2D eigenvalue weighted by Gasteiger charge is 2.11. The van der Waals surface area contributed by atoms with Crippen molar-refractivity contribution in [3.8, 4) is 5.75 Å². The van der Waals surface area contributed by atoms with E-state index in [0.29, 0.717) is 28.0 Å². The maximum Gasteiger partial charge on any atom is 0.271 e. The number of aromatic nitrogens is 2. The van der Waals surface area contributed by atoms with E-state index in [2.05, 4.69) is 29.2 Å². The number of carbonyl (C=O) groups excluding carboxylic acids is 1. The molecule has 0 bridgehead atoms. The maximum atomic E-state index is 12.1. The SMILES string of the molecule is CCN(CC)CCNC(=O)c1ccn(COc2c(Cl)cccc2Cl)n1. The summed E-state index contributed by atoms with van der Waals surface area (Å²) < 4.78 is 7.10. The molecule has 0 spiro atoms. The normalized spacial score (nSPS) is 10.9. The van der Waals surface area contributed by atoms with E-state index in [4.69, 9.17) is 27.9 Å². The number of ether oxygens (including phenoxy) is 1. The van der Waals surface area contributed by atoms with Crippen LogP contribution in [-0.4, -0.2) is 46.8 Å². The number of benzene rings is 1. The van der Waals surface area contributed by atoms with Crippen LogP contribution in [0.5, 0.6) is 5.75 Å². The molecule has 6 nitrogen and oxygen atoms in total. The smallest absolute Gasteiger partial charge is 0.271 e. The quantitative estimate of drug-likeness (QED) is 0.720. The molecule has 2 aromatic rings. The van der Waals surface area contributed by atoms with E-state index >= 15 is 0 Å². The Bertz CT molecular complexity index is 681. The fraction of sp³-hybridized carbons (Fsp3) is 0.412. The molecular weight excluding hydrogens is 363 g/mol. The highest BCUT2D eigenvalue weighted by atomic mass is 35.5. The minimum absolute atomic E-state index is 0.107. The Morgan fingerprint density at radius 3 is 2.56 bits per heavy atom. The number of nitrogens with zero attached hydrogens (tertiary/aromatic N) is 3. The van der Waals surface area contributed by atoms with Crippen molar-refractivity contribution in [1.82, 2.24) is 20.0 Å². The minimum Gasteiger partial charge on any atom is -0.468 e. The number of likely N-dealkylation sites (N-methyl/N-ethyl adjacent to an activating group) is 1. The molecule has 1 aromatic heterocycles. The standard InChI is InChI=1S/C17H22Cl2N4O2/c1-3-22(4-2)11-9-20-17(24)15-8-10-23(21-15)12-25-16-13(18)6-5-7-14(16)19/h5-8,10H,3-4,9,11-12H2,1-2H3,(H,20,24). The molecule has 0 fully saturated rings. The van der Waals surface area contributed by atoms with Gasteiger partial charge in [-0.25, -0.2) is 4.68 Å². The number of amides is 1. The lowest BCUT2D eigenvalue weighted by Crippen LogP contribution is -2.35. The number of carbonyl (C=O) groups is 1. The first-order valence-electron chi connectivity index (χ1n) is 8.16. The lowest BCUT2D eigenvalue weighted by Gasteiger charge is -2.17. The van der Waals surface area contributed by atoms with Crippen molar-refractivity contribution >= 4 is 29.1 Å². The fourth-order valence-corrected chi connectivity index (χ4v) is 2.77. The third kappa shape index (κ3) is 5.63. The predicted octanol–water partition coefficient (Wildman–Crippen LogP) is 3.30. The molecule has 0 aliphatic carbocycles. The Hall–Kier alpha value is -1.76. The topological polar surface area (TPSA) is 59.4 Å². The monoisotopic (exact) mass is 384 g/mol. The molecule has 1 N–H and O–H groups in total. The first kappa shape index (κ1) is 19.6. The van der Waals surface area contributed by atoms with Gasteiger partial charge in [-0.3, -0.25) is 4.79 Å². The Balaban J connectivity index is 1.86. The van der Waals surface area contributed by atoms with Gasteiger partial charge in [0.1, 0.15) is 5.69 Å². The van der Waals surface area contributed by atoms with Crippen LogP contribution in [0.2, 0.25) is 10.0 Å². The van der Waals surface area contributed by atoms with Crippen LogP contribution in [0.4, 0.5) is 0 Å². The number of nitrogens with one attached hydrogen (secondary N) is 1. The molecule has 25 heavy (non-hydrogen) atoms. The summed E-state index contributed by atoms with van der Waals surface area (Å²) in [5, 5.41) is 7.92. The Morgan fingerprint density at radius 2 is 1.92 bits per heavy atom. The molecule has 0 aliphatic rings. The van der Waals surface area contributed by atoms with Crippen LogP contribution in [0.25, 0.3) is 0 Å². The van der Waals surface area contributed by atoms with Gasteiger partial charge in [-0.2, -0.15) is 5.10 Å². The number of para-hydroxylation sites is 1. The van der Waals surface area contributed by atoms with Gasteiger partial charge in [-0.1, -0.05) is 43.1 Å². The van der Waals surface area contributed by atoms with E-state index in [1.54, 1.807) is 30.5 Å². The second-order valence-electron chi connectivity index (χ2n) is 5.35. The van der Waals surface area contributed by atoms with Crippen LogP contribution in [0.15, 0.2) is 30.5 Å². The van der Waals surface area contributed by atoms with Gasteiger partial charge in [-0.05, 0) is 31.3 Å². The Labute approximate surface area is 157 Å². The summed E-state index contributed by atoms with van der Waals surface area (Å²) in [4.78, 5) is 14.3. The zero-order valence-electron chi connectivity index (χ0n) is 14.3. The van der Waals surface area contributed by atoms with Crippen molar-refractivity contribution < 1.29 is 9.53 Å². The van der Waals surface area contributed by atoms with Crippen molar-refractivity contribution in [2.75, 3.05) is 26.2 Å². The maximum absolute atomic E-state index is 12.1. The van der Waals surface area contributed by atoms with Gasteiger partial charge < -0.3 is 15.0 Å². The number of hydrogen-bond donors (Lipinski definition) is 1. The summed E-state index contributed by atoms with van der Waals surface area (Å²) in [7, 11) is 0. The van der Waals surface area contributed by atoms with Crippen molar-refractivity contribution in [2.45, 2.75) is 20.6 Å². The van der Waals surface area contributed by atoms with E-state index in [1.807, 2.05) is 0 Å². The number of halogens is 2. The van der Waals surface area contributed by atoms with Crippen LogP contribution in [-0.2, 0) is 6.73 Å². The van der Waals surface area contributed by atoms with Gasteiger partial charge in [0.2, 0.25) is 0 Å². The van der Waals surface area contributed by atoms with Crippen molar-refractivity contribution in [1.29, 1.82) is 0 Å². The molecule has 0 unspecified atom stereocenters. The third-order valence-corrected chi connectivity index (χ3v) is 4.34. The van der Waals surface area contributed by atoms with E-state index in [0.717, 1.165) is 19.6 Å². The van der Waals surface area contributed by atoms with Gasteiger partial charge in [0.25, 0.3) is 5.91 Å². The summed E-state index contributed by atoms with van der Waals surface area (Å²) in [6.45, 7) is 7.62. The lowest BCUT2D eigenvalue weighted by molar-refractivity contribution is 0.0942. The summed E-state index contributed by atoms with van der Waals surface area (Å²) in [6.07, 6.45) is 1.67. The lowest BCUT2D eigenvalue weighted by atomic mass is 10.3. The van der Waals surface area contributed by atoms with Gasteiger partial charge >= 0.3 is 0 Å². The molecular formula is C17H22Cl2N4O2. The molecule has 1 amide bonds. The second kappa shape index (κ2) is 9.65. The molecule has 0 radical (unpaired) electrons. The third-order valence-electron chi connectivity index (χ3n) is 3.74. The fourth-order valence-electron chi connectivity index (χ4n) is 2.26. The zero-order chi connectivity index (χ0) is 18.2. The molecule has 0 aliphatic heterocycles. The molecule has 0 saturated heterocycles.